The molecular formula is C21H29N3O. The molecule has 1 aliphatic heterocycles. The number of aliphatic hydroxyl groups is 1. The first-order valence-corrected chi connectivity index (χ1v) is 9.16. The molecule has 2 aromatic rings. The Morgan fingerprint density at radius 3 is 2.92 bits per heavy atom. The fourth-order valence-corrected chi connectivity index (χ4v) is 3.84. The number of nitrogens with zero attached hydrogens (tertiary/aromatic N) is 2. The van der Waals surface area contributed by atoms with Gasteiger partial charge in [0.15, 0.2) is 0 Å². The van der Waals surface area contributed by atoms with E-state index in [4.69, 9.17) is 0 Å². The lowest BCUT2D eigenvalue weighted by atomic mass is 9.85. The van der Waals surface area contributed by atoms with Crippen molar-refractivity contribution in [3.8, 4) is 0 Å². The van der Waals surface area contributed by atoms with Gasteiger partial charge in [0.05, 0.1) is 11.6 Å². The highest BCUT2D eigenvalue weighted by Crippen LogP contribution is 2.32. The molecule has 1 saturated heterocycles. The Hall–Kier alpha value is -1.91. The Morgan fingerprint density at radius 2 is 2.20 bits per heavy atom. The standard InChI is InChI=1S/C21H29N3O/c1-5-16-13-24(11-9-14(16)2)15(3)21(25)18-8-10-23-20-7-6-17(22-4)12-19(18)20/h5-8,10,12,14-16,21-22,25H,1,9,11,13H2,2-4H3. The molecule has 4 heteroatoms. The maximum Gasteiger partial charge on any atom is 0.0949 e. The van der Waals surface area contributed by atoms with Crippen molar-refractivity contribution in [1.29, 1.82) is 0 Å². The average Bonchev–Trinajstić information content (AvgIpc) is 2.66. The highest BCUT2D eigenvalue weighted by Gasteiger charge is 2.31. The van der Waals surface area contributed by atoms with Crippen LogP contribution in [0.15, 0.2) is 43.1 Å². The van der Waals surface area contributed by atoms with Crippen molar-refractivity contribution < 1.29 is 5.11 Å². The van der Waals surface area contributed by atoms with E-state index in [9.17, 15) is 5.11 Å². The summed E-state index contributed by atoms with van der Waals surface area (Å²) in [4.78, 5) is 6.84. The van der Waals surface area contributed by atoms with Gasteiger partial charge in [-0.1, -0.05) is 13.0 Å². The van der Waals surface area contributed by atoms with Gasteiger partial charge in [0.2, 0.25) is 0 Å². The van der Waals surface area contributed by atoms with Crippen molar-refractivity contribution in [3.63, 3.8) is 0 Å². The molecule has 0 spiro atoms. The minimum absolute atomic E-state index is 0.0544. The van der Waals surface area contributed by atoms with Gasteiger partial charge in [-0.3, -0.25) is 9.88 Å². The molecule has 1 aliphatic rings. The second-order valence-electron chi connectivity index (χ2n) is 7.23. The number of fused-ring (bicyclic) bond motifs is 1. The van der Waals surface area contributed by atoms with Gasteiger partial charge in [0.25, 0.3) is 0 Å². The SMILES string of the molecule is C=CC1CN(C(C)C(O)c2ccnc3ccc(NC)cc23)CCC1C. The molecule has 1 aromatic carbocycles. The molecule has 2 heterocycles. The molecule has 25 heavy (non-hydrogen) atoms. The van der Waals surface area contributed by atoms with E-state index < -0.39 is 6.10 Å². The van der Waals surface area contributed by atoms with Gasteiger partial charge in [0.1, 0.15) is 0 Å². The van der Waals surface area contributed by atoms with Crippen molar-refractivity contribution in [2.75, 3.05) is 25.5 Å². The average molecular weight is 339 g/mol. The van der Waals surface area contributed by atoms with Crippen molar-refractivity contribution in [1.82, 2.24) is 9.88 Å². The van der Waals surface area contributed by atoms with E-state index in [1.54, 1.807) is 6.20 Å². The second-order valence-corrected chi connectivity index (χ2v) is 7.23. The summed E-state index contributed by atoms with van der Waals surface area (Å²) < 4.78 is 0. The van der Waals surface area contributed by atoms with Crippen LogP contribution in [0.5, 0.6) is 0 Å². The zero-order valence-electron chi connectivity index (χ0n) is 15.4. The van der Waals surface area contributed by atoms with Crippen LogP contribution in [0.4, 0.5) is 5.69 Å². The maximum absolute atomic E-state index is 11.1. The van der Waals surface area contributed by atoms with Crippen molar-refractivity contribution in [3.05, 3.63) is 48.7 Å². The number of pyridine rings is 1. The number of aromatic nitrogens is 1. The first-order chi connectivity index (χ1) is 12.0. The molecule has 2 N–H and O–H groups in total. The molecule has 0 amide bonds. The van der Waals surface area contributed by atoms with E-state index in [1.807, 2.05) is 25.2 Å². The van der Waals surface area contributed by atoms with Gasteiger partial charge in [-0.05, 0) is 61.6 Å². The number of anilines is 1. The lowest BCUT2D eigenvalue weighted by molar-refractivity contribution is 0.0277. The Balaban J connectivity index is 1.88. The van der Waals surface area contributed by atoms with Gasteiger partial charge in [-0.2, -0.15) is 0 Å². The number of nitrogens with one attached hydrogen (secondary N) is 1. The van der Waals surface area contributed by atoms with Gasteiger partial charge < -0.3 is 10.4 Å². The van der Waals surface area contributed by atoms with E-state index in [0.717, 1.165) is 41.7 Å². The number of aliphatic hydroxyl groups excluding tert-OH is 1. The van der Waals surface area contributed by atoms with Crippen LogP contribution in [0.1, 0.15) is 31.9 Å². The third-order valence-corrected chi connectivity index (χ3v) is 5.77. The molecular weight excluding hydrogens is 310 g/mol. The summed E-state index contributed by atoms with van der Waals surface area (Å²) in [5.74, 6) is 1.16. The van der Waals surface area contributed by atoms with Gasteiger partial charge in [0, 0.05) is 36.9 Å². The van der Waals surface area contributed by atoms with E-state index in [2.05, 4.69) is 47.8 Å². The second kappa shape index (κ2) is 7.54. The summed E-state index contributed by atoms with van der Waals surface area (Å²) >= 11 is 0. The summed E-state index contributed by atoms with van der Waals surface area (Å²) in [6.45, 7) is 10.4. The molecule has 0 radical (unpaired) electrons. The summed E-state index contributed by atoms with van der Waals surface area (Å²) in [7, 11) is 1.90. The lowest BCUT2D eigenvalue weighted by Gasteiger charge is -2.40. The topological polar surface area (TPSA) is 48.4 Å². The molecule has 4 nitrogen and oxygen atoms in total. The third kappa shape index (κ3) is 3.55. The Bertz CT molecular complexity index is 745. The maximum atomic E-state index is 11.1. The number of piperidine rings is 1. The summed E-state index contributed by atoms with van der Waals surface area (Å²) in [6.07, 6.45) is 4.46. The van der Waals surface area contributed by atoms with Crippen LogP contribution in [0.25, 0.3) is 10.9 Å². The third-order valence-electron chi connectivity index (χ3n) is 5.77. The van der Waals surface area contributed by atoms with Gasteiger partial charge >= 0.3 is 0 Å². The van der Waals surface area contributed by atoms with E-state index >= 15 is 0 Å². The lowest BCUT2D eigenvalue weighted by Crippen LogP contribution is -2.46. The predicted octanol–water partition coefficient (Wildman–Crippen LogP) is 3.84. The summed E-state index contributed by atoms with van der Waals surface area (Å²) in [5, 5.41) is 15.3. The van der Waals surface area contributed by atoms with E-state index in [0.29, 0.717) is 11.8 Å². The largest absolute Gasteiger partial charge is 0.388 e. The highest BCUT2D eigenvalue weighted by atomic mass is 16.3. The van der Waals surface area contributed by atoms with Crippen LogP contribution in [0.3, 0.4) is 0 Å². The van der Waals surface area contributed by atoms with Crippen LogP contribution in [0.2, 0.25) is 0 Å². The fourth-order valence-electron chi connectivity index (χ4n) is 3.84. The van der Waals surface area contributed by atoms with Crippen molar-refractivity contribution in [2.24, 2.45) is 11.8 Å². The Kier molecular flexibility index (Phi) is 5.40. The molecule has 1 aromatic heterocycles. The normalized spacial score (nSPS) is 24.0. The Labute approximate surface area is 150 Å². The molecule has 3 rings (SSSR count). The molecule has 4 unspecified atom stereocenters. The highest BCUT2D eigenvalue weighted by molar-refractivity contribution is 5.85. The minimum Gasteiger partial charge on any atom is -0.388 e. The monoisotopic (exact) mass is 339 g/mol. The molecule has 0 saturated carbocycles. The molecule has 0 aliphatic carbocycles. The first kappa shape index (κ1) is 17.9. The number of benzene rings is 1. The van der Waals surface area contributed by atoms with Gasteiger partial charge in [-0.15, -0.1) is 6.58 Å². The molecule has 0 bridgehead atoms. The number of hydrogen-bond acceptors (Lipinski definition) is 4. The van der Waals surface area contributed by atoms with Crippen LogP contribution >= 0.6 is 0 Å². The summed E-state index contributed by atoms with van der Waals surface area (Å²) in [6, 6.07) is 8.08. The quantitative estimate of drug-likeness (QED) is 0.813. The predicted molar refractivity (Wildman–Crippen MR) is 105 cm³/mol. The minimum atomic E-state index is -0.545. The zero-order chi connectivity index (χ0) is 18.0. The smallest absolute Gasteiger partial charge is 0.0949 e. The van der Waals surface area contributed by atoms with Gasteiger partial charge in [-0.25, -0.2) is 0 Å². The molecule has 1 fully saturated rings. The van der Waals surface area contributed by atoms with Crippen molar-refractivity contribution >= 4 is 16.6 Å². The number of hydrogen-bond donors (Lipinski definition) is 2. The molecule has 134 valence electrons. The van der Waals surface area contributed by atoms with Crippen LogP contribution in [-0.2, 0) is 0 Å². The van der Waals surface area contributed by atoms with E-state index in [-0.39, 0.29) is 6.04 Å². The molecule has 4 atom stereocenters. The first-order valence-electron chi connectivity index (χ1n) is 9.16. The fraction of sp³-hybridized carbons (Fsp3) is 0.476. The van der Waals surface area contributed by atoms with Crippen molar-refractivity contribution in [2.45, 2.75) is 32.4 Å². The zero-order valence-corrected chi connectivity index (χ0v) is 15.4. The Morgan fingerprint density at radius 1 is 1.40 bits per heavy atom. The number of likely N-dealkylation sites (tertiary alicyclic amines) is 1. The van der Waals surface area contributed by atoms with E-state index in [1.165, 1.54) is 0 Å². The number of rotatable bonds is 5. The van der Waals surface area contributed by atoms with Crippen LogP contribution in [0, 0.1) is 11.8 Å². The van der Waals surface area contributed by atoms with Crippen LogP contribution in [-0.4, -0.2) is 41.2 Å². The summed E-state index contributed by atoms with van der Waals surface area (Å²) in [5.41, 5.74) is 2.89. The van der Waals surface area contributed by atoms with Crippen LogP contribution < -0.4 is 5.32 Å².